The third kappa shape index (κ3) is 2.94. The van der Waals surface area contributed by atoms with Gasteiger partial charge in [0.25, 0.3) is 0 Å². The van der Waals surface area contributed by atoms with Crippen LogP contribution in [0.3, 0.4) is 0 Å². The van der Waals surface area contributed by atoms with E-state index in [1.165, 1.54) is 12.1 Å². The SMILES string of the molecule is Cc1ccc(N)c(Oc2cc(F)cc(Br)c2)n1. The monoisotopic (exact) mass is 296 g/mol. The average molecular weight is 297 g/mol. The summed E-state index contributed by atoms with van der Waals surface area (Å²) in [5, 5.41) is 0. The fraction of sp³-hybridized carbons (Fsp3) is 0.0833. The summed E-state index contributed by atoms with van der Waals surface area (Å²) in [5.74, 6) is 0.241. The van der Waals surface area contributed by atoms with Crippen molar-refractivity contribution in [3.63, 3.8) is 0 Å². The standard InChI is InChI=1S/C12H10BrFN2O/c1-7-2-3-11(15)12(16-7)17-10-5-8(13)4-9(14)6-10/h2-6H,15H2,1H3. The highest BCUT2D eigenvalue weighted by Crippen LogP contribution is 2.28. The predicted molar refractivity (Wildman–Crippen MR) is 67.6 cm³/mol. The Labute approximate surface area is 107 Å². The van der Waals surface area contributed by atoms with Crippen LogP contribution in [-0.4, -0.2) is 4.98 Å². The number of pyridine rings is 1. The van der Waals surface area contributed by atoms with Crippen LogP contribution < -0.4 is 10.5 Å². The minimum atomic E-state index is -0.388. The van der Waals surface area contributed by atoms with Gasteiger partial charge in [0.15, 0.2) is 0 Å². The summed E-state index contributed by atoms with van der Waals surface area (Å²) in [4.78, 5) is 4.14. The van der Waals surface area contributed by atoms with Crippen LogP contribution in [0.15, 0.2) is 34.8 Å². The van der Waals surface area contributed by atoms with Crippen molar-refractivity contribution in [3.05, 3.63) is 46.3 Å². The third-order valence-corrected chi connectivity index (χ3v) is 2.54. The molecule has 0 unspecified atom stereocenters. The minimum Gasteiger partial charge on any atom is -0.437 e. The molecule has 5 heteroatoms. The normalized spacial score (nSPS) is 10.3. The molecule has 0 spiro atoms. The molecule has 3 nitrogen and oxygen atoms in total. The topological polar surface area (TPSA) is 48.1 Å². The van der Waals surface area contributed by atoms with Crippen LogP contribution in [0, 0.1) is 12.7 Å². The van der Waals surface area contributed by atoms with E-state index in [2.05, 4.69) is 20.9 Å². The maximum Gasteiger partial charge on any atom is 0.242 e. The van der Waals surface area contributed by atoms with Crippen molar-refractivity contribution in [2.75, 3.05) is 5.73 Å². The highest BCUT2D eigenvalue weighted by Gasteiger charge is 2.06. The van der Waals surface area contributed by atoms with Crippen molar-refractivity contribution < 1.29 is 9.13 Å². The smallest absolute Gasteiger partial charge is 0.242 e. The molecule has 0 aliphatic heterocycles. The molecule has 1 aromatic heterocycles. The van der Waals surface area contributed by atoms with E-state index in [0.29, 0.717) is 15.9 Å². The minimum absolute atomic E-state index is 0.280. The molecule has 0 saturated carbocycles. The zero-order chi connectivity index (χ0) is 12.4. The third-order valence-electron chi connectivity index (χ3n) is 2.08. The number of hydrogen-bond acceptors (Lipinski definition) is 3. The summed E-state index contributed by atoms with van der Waals surface area (Å²) in [6.07, 6.45) is 0. The lowest BCUT2D eigenvalue weighted by atomic mass is 10.3. The number of anilines is 1. The Morgan fingerprint density at radius 2 is 2.06 bits per heavy atom. The Bertz CT molecular complexity index is 540. The number of halogens is 2. The van der Waals surface area contributed by atoms with Crippen LogP contribution in [-0.2, 0) is 0 Å². The first-order valence-electron chi connectivity index (χ1n) is 4.91. The van der Waals surface area contributed by atoms with E-state index in [4.69, 9.17) is 10.5 Å². The van der Waals surface area contributed by atoms with E-state index in [9.17, 15) is 4.39 Å². The molecule has 2 aromatic rings. The Morgan fingerprint density at radius 1 is 1.29 bits per heavy atom. The molecule has 2 N–H and O–H groups in total. The van der Waals surface area contributed by atoms with E-state index in [1.54, 1.807) is 18.2 Å². The number of nitrogens with two attached hydrogens (primary N) is 1. The van der Waals surface area contributed by atoms with Gasteiger partial charge in [-0.2, -0.15) is 0 Å². The zero-order valence-corrected chi connectivity index (χ0v) is 10.7. The van der Waals surface area contributed by atoms with Crippen LogP contribution in [0.5, 0.6) is 11.6 Å². The number of benzene rings is 1. The van der Waals surface area contributed by atoms with Gasteiger partial charge in [-0.1, -0.05) is 15.9 Å². The fourth-order valence-electron chi connectivity index (χ4n) is 1.32. The number of hydrogen-bond donors (Lipinski definition) is 1. The lowest BCUT2D eigenvalue weighted by molar-refractivity contribution is 0.459. The maximum atomic E-state index is 13.1. The molecule has 1 heterocycles. The summed E-state index contributed by atoms with van der Waals surface area (Å²) >= 11 is 3.19. The second-order valence-electron chi connectivity index (χ2n) is 3.55. The van der Waals surface area contributed by atoms with Gasteiger partial charge in [0.05, 0.1) is 5.69 Å². The van der Waals surface area contributed by atoms with Gasteiger partial charge in [-0.25, -0.2) is 9.37 Å². The number of aromatic nitrogens is 1. The van der Waals surface area contributed by atoms with E-state index in [0.717, 1.165) is 5.69 Å². The first-order chi connectivity index (χ1) is 8.04. The Hall–Kier alpha value is -1.62. The Balaban J connectivity index is 2.34. The first kappa shape index (κ1) is 11.9. The molecule has 2 rings (SSSR count). The van der Waals surface area contributed by atoms with Crippen molar-refractivity contribution in [2.45, 2.75) is 6.92 Å². The van der Waals surface area contributed by atoms with Crippen LogP contribution in [0.25, 0.3) is 0 Å². The summed E-state index contributed by atoms with van der Waals surface area (Å²) < 4.78 is 19.2. The van der Waals surface area contributed by atoms with Crippen molar-refractivity contribution in [1.29, 1.82) is 0 Å². The second-order valence-corrected chi connectivity index (χ2v) is 4.47. The molecule has 0 radical (unpaired) electrons. The molecule has 0 atom stereocenters. The largest absolute Gasteiger partial charge is 0.437 e. The molecule has 0 fully saturated rings. The van der Waals surface area contributed by atoms with Gasteiger partial charge in [0.2, 0.25) is 5.88 Å². The van der Waals surface area contributed by atoms with E-state index >= 15 is 0 Å². The number of ether oxygens (including phenoxy) is 1. The summed E-state index contributed by atoms with van der Waals surface area (Å²) in [6, 6.07) is 7.75. The van der Waals surface area contributed by atoms with E-state index < -0.39 is 0 Å². The van der Waals surface area contributed by atoms with Crippen molar-refractivity contribution in [2.24, 2.45) is 0 Å². The molecule has 0 amide bonds. The number of rotatable bonds is 2. The lowest BCUT2D eigenvalue weighted by Crippen LogP contribution is -1.96. The van der Waals surface area contributed by atoms with Crippen molar-refractivity contribution >= 4 is 21.6 Å². The van der Waals surface area contributed by atoms with E-state index in [1.807, 2.05) is 6.92 Å². The Morgan fingerprint density at radius 3 is 2.76 bits per heavy atom. The van der Waals surface area contributed by atoms with Crippen LogP contribution >= 0.6 is 15.9 Å². The van der Waals surface area contributed by atoms with Gasteiger partial charge in [0, 0.05) is 16.2 Å². The van der Waals surface area contributed by atoms with E-state index in [-0.39, 0.29) is 11.7 Å². The van der Waals surface area contributed by atoms with Crippen molar-refractivity contribution in [3.8, 4) is 11.6 Å². The van der Waals surface area contributed by atoms with Crippen molar-refractivity contribution in [1.82, 2.24) is 4.98 Å². The summed E-state index contributed by atoms with van der Waals surface area (Å²) in [7, 11) is 0. The number of nitrogen functional groups attached to an aromatic ring is 1. The second kappa shape index (κ2) is 4.71. The average Bonchev–Trinajstić information content (AvgIpc) is 2.22. The molecule has 17 heavy (non-hydrogen) atoms. The molecule has 0 aliphatic rings. The Kier molecular flexibility index (Phi) is 3.28. The number of nitrogens with zero attached hydrogens (tertiary/aromatic N) is 1. The molecular formula is C12H10BrFN2O. The maximum absolute atomic E-state index is 13.1. The molecule has 0 bridgehead atoms. The quantitative estimate of drug-likeness (QED) is 0.920. The zero-order valence-electron chi connectivity index (χ0n) is 9.08. The van der Waals surface area contributed by atoms with Crippen LogP contribution in [0.1, 0.15) is 5.69 Å². The first-order valence-corrected chi connectivity index (χ1v) is 5.71. The van der Waals surface area contributed by atoms with Crippen LogP contribution in [0.4, 0.5) is 10.1 Å². The van der Waals surface area contributed by atoms with Gasteiger partial charge in [-0.05, 0) is 31.2 Å². The lowest BCUT2D eigenvalue weighted by Gasteiger charge is -2.08. The molecule has 0 aliphatic carbocycles. The van der Waals surface area contributed by atoms with Gasteiger partial charge in [-0.15, -0.1) is 0 Å². The van der Waals surface area contributed by atoms with Crippen LogP contribution in [0.2, 0.25) is 0 Å². The molecule has 0 saturated heterocycles. The molecule has 1 aromatic carbocycles. The number of aryl methyl sites for hydroxylation is 1. The highest BCUT2D eigenvalue weighted by atomic mass is 79.9. The fourth-order valence-corrected chi connectivity index (χ4v) is 1.77. The molecular weight excluding hydrogens is 287 g/mol. The van der Waals surface area contributed by atoms with Gasteiger partial charge in [-0.3, -0.25) is 0 Å². The predicted octanol–water partition coefficient (Wildman–Crippen LogP) is 3.67. The highest BCUT2D eigenvalue weighted by molar-refractivity contribution is 9.10. The van der Waals surface area contributed by atoms with Gasteiger partial charge >= 0.3 is 0 Å². The van der Waals surface area contributed by atoms with Gasteiger partial charge < -0.3 is 10.5 Å². The summed E-state index contributed by atoms with van der Waals surface area (Å²) in [5.41, 5.74) is 6.92. The van der Waals surface area contributed by atoms with Gasteiger partial charge in [0.1, 0.15) is 11.6 Å². The molecule has 88 valence electrons. The summed E-state index contributed by atoms with van der Waals surface area (Å²) in [6.45, 7) is 1.83.